The number of carbonyl (C=O) groups excluding carboxylic acids is 3. The summed E-state index contributed by atoms with van der Waals surface area (Å²) in [6.45, 7) is 1.36. The van der Waals surface area contributed by atoms with E-state index in [2.05, 4.69) is 21.5 Å². The number of nitrogens with zero attached hydrogens (tertiary/aromatic N) is 2. The van der Waals surface area contributed by atoms with Crippen LogP contribution in [-0.2, 0) is 27.4 Å². The lowest BCUT2D eigenvalue weighted by molar-refractivity contribution is -0.393. The maximum absolute atomic E-state index is 13.1. The van der Waals surface area contributed by atoms with Crippen molar-refractivity contribution in [2.45, 2.75) is 32.0 Å². The van der Waals surface area contributed by atoms with Crippen molar-refractivity contribution in [2.75, 3.05) is 5.43 Å². The molecule has 0 aromatic heterocycles. The molecule has 0 spiro atoms. The molecule has 3 amide bonds. The monoisotopic (exact) mass is 566 g/mol. The molecule has 0 radical (unpaired) electrons. The van der Waals surface area contributed by atoms with Gasteiger partial charge in [-0.05, 0) is 36.2 Å². The topological polar surface area (TPSA) is 215 Å². The molecule has 15 heteroatoms. The van der Waals surface area contributed by atoms with Gasteiger partial charge in [-0.15, -0.1) is 0 Å². The van der Waals surface area contributed by atoms with Gasteiger partial charge in [0.25, 0.3) is 11.6 Å². The van der Waals surface area contributed by atoms with E-state index < -0.39 is 51.2 Å². The maximum atomic E-state index is 13.1. The van der Waals surface area contributed by atoms with Gasteiger partial charge in [0.2, 0.25) is 5.91 Å². The van der Waals surface area contributed by atoms with Gasteiger partial charge in [-0.3, -0.25) is 40.7 Å². The summed E-state index contributed by atoms with van der Waals surface area (Å²) in [6, 6.07) is 15.1. The summed E-state index contributed by atoms with van der Waals surface area (Å²) in [5.74, 6) is -1.57. The molecule has 0 fully saturated rings. The van der Waals surface area contributed by atoms with Crippen LogP contribution < -0.4 is 21.5 Å². The maximum Gasteiger partial charge on any atom is 0.408 e. The first kappa shape index (κ1) is 29.8. The molecule has 214 valence electrons. The highest BCUT2D eigenvalue weighted by atomic mass is 16.6. The van der Waals surface area contributed by atoms with Crippen LogP contribution in [0.5, 0.6) is 5.75 Å². The fourth-order valence-corrected chi connectivity index (χ4v) is 3.49. The van der Waals surface area contributed by atoms with E-state index in [1.165, 1.54) is 31.2 Å². The lowest BCUT2D eigenvalue weighted by atomic mass is 10.0. The zero-order valence-corrected chi connectivity index (χ0v) is 21.6. The van der Waals surface area contributed by atoms with Gasteiger partial charge in [0.05, 0.1) is 15.9 Å². The minimum atomic E-state index is -1.25. The third-order valence-corrected chi connectivity index (χ3v) is 5.66. The Morgan fingerprint density at radius 3 is 2.20 bits per heavy atom. The Morgan fingerprint density at radius 2 is 1.56 bits per heavy atom. The molecule has 3 aromatic carbocycles. The number of hydrogen-bond acceptors (Lipinski definition) is 10. The highest BCUT2D eigenvalue weighted by molar-refractivity contribution is 5.91. The van der Waals surface area contributed by atoms with Gasteiger partial charge in [-0.1, -0.05) is 42.5 Å². The fourth-order valence-electron chi connectivity index (χ4n) is 3.49. The number of nitrogens with one attached hydrogen (secondary N) is 4. The Bertz CT molecular complexity index is 1420. The van der Waals surface area contributed by atoms with Crippen LogP contribution in [0.2, 0.25) is 0 Å². The number of benzene rings is 3. The normalized spacial score (nSPS) is 11.8. The van der Waals surface area contributed by atoms with Crippen molar-refractivity contribution in [3.05, 3.63) is 104 Å². The number of ether oxygens (including phenoxy) is 1. The van der Waals surface area contributed by atoms with Gasteiger partial charge in [0.15, 0.2) is 0 Å². The second-order valence-electron chi connectivity index (χ2n) is 8.69. The smallest absolute Gasteiger partial charge is 0.408 e. The van der Waals surface area contributed by atoms with E-state index in [1.54, 1.807) is 24.3 Å². The Morgan fingerprint density at radius 1 is 0.878 bits per heavy atom. The summed E-state index contributed by atoms with van der Waals surface area (Å²) in [6.07, 6.45) is -0.921. The molecule has 3 aromatic rings. The van der Waals surface area contributed by atoms with Crippen molar-refractivity contribution < 1.29 is 34.1 Å². The van der Waals surface area contributed by atoms with E-state index in [0.29, 0.717) is 5.56 Å². The molecule has 0 aliphatic rings. The average molecular weight is 567 g/mol. The van der Waals surface area contributed by atoms with Gasteiger partial charge in [0, 0.05) is 12.5 Å². The summed E-state index contributed by atoms with van der Waals surface area (Å²) in [4.78, 5) is 58.8. The van der Waals surface area contributed by atoms with Crippen molar-refractivity contribution in [1.29, 1.82) is 0 Å². The first-order valence-electron chi connectivity index (χ1n) is 12.1. The summed E-state index contributed by atoms with van der Waals surface area (Å²) in [5, 5.41) is 36.8. The largest absolute Gasteiger partial charge is 0.508 e. The van der Waals surface area contributed by atoms with Crippen LogP contribution in [0.15, 0.2) is 72.8 Å². The molecule has 0 heterocycles. The molecule has 0 aliphatic carbocycles. The number of alkyl carbamates (subject to hydrolysis) is 1. The molecule has 2 atom stereocenters. The van der Waals surface area contributed by atoms with Gasteiger partial charge in [-0.25, -0.2) is 4.79 Å². The summed E-state index contributed by atoms with van der Waals surface area (Å²) in [7, 11) is 0. The van der Waals surface area contributed by atoms with E-state index in [9.17, 15) is 39.7 Å². The highest BCUT2D eigenvalue weighted by Gasteiger charge is 2.26. The molecule has 0 unspecified atom stereocenters. The number of hydrogen-bond donors (Lipinski definition) is 5. The SMILES string of the molecule is C[C@H](NC(=O)OCc1ccccc1)C(=O)N[C@H](Cc1ccc(O)cc1)C(=O)NNc1ccc([N+](=O)[O-])cc1[N+](=O)[O-]. The number of amides is 3. The number of nitro benzene ring substituents is 2. The van der Waals surface area contributed by atoms with Gasteiger partial charge < -0.3 is 20.5 Å². The molecule has 0 saturated carbocycles. The molecule has 0 saturated heterocycles. The Balaban J connectivity index is 1.68. The minimum absolute atomic E-state index is 0.0160. The van der Waals surface area contributed by atoms with Crippen LogP contribution in [0.4, 0.5) is 21.9 Å². The summed E-state index contributed by atoms with van der Waals surface area (Å²) in [5.41, 5.74) is 4.49. The Kier molecular flexibility index (Phi) is 10.1. The number of hydrazine groups is 1. The summed E-state index contributed by atoms with van der Waals surface area (Å²) >= 11 is 0. The zero-order valence-electron chi connectivity index (χ0n) is 21.6. The van der Waals surface area contributed by atoms with E-state index in [4.69, 9.17) is 4.74 Å². The van der Waals surface area contributed by atoms with Crippen LogP contribution in [0, 0.1) is 20.2 Å². The third-order valence-electron chi connectivity index (χ3n) is 5.66. The standard InChI is InChI=1S/C26H26N6O9/c1-16(27-26(36)41-15-18-5-3-2-4-6-18)24(34)28-22(13-17-7-10-20(33)11-8-17)25(35)30-29-21-12-9-19(31(37)38)14-23(21)32(39)40/h2-12,14,16,22,29,33H,13,15H2,1H3,(H,27,36)(H,28,34)(H,30,35)/t16-,22+/m0/s1. The number of phenols is 1. The quantitative estimate of drug-likeness (QED) is 0.159. The third kappa shape index (κ3) is 8.91. The number of aromatic hydroxyl groups is 1. The van der Waals surface area contributed by atoms with Crippen LogP contribution in [0.1, 0.15) is 18.1 Å². The molecule has 41 heavy (non-hydrogen) atoms. The van der Waals surface area contributed by atoms with Crippen molar-refractivity contribution >= 4 is 35.0 Å². The van der Waals surface area contributed by atoms with E-state index in [0.717, 1.165) is 23.8 Å². The number of nitro groups is 2. The first-order chi connectivity index (χ1) is 19.5. The van der Waals surface area contributed by atoms with E-state index >= 15 is 0 Å². The number of rotatable bonds is 12. The molecule has 5 N–H and O–H groups in total. The van der Waals surface area contributed by atoms with Crippen LogP contribution in [-0.4, -0.2) is 44.9 Å². The predicted octanol–water partition coefficient (Wildman–Crippen LogP) is 2.69. The number of phenolic OH excluding ortho intramolecular Hbond substituents is 1. The minimum Gasteiger partial charge on any atom is -0.508 e. The van der Waals surface area contributed by atoms with Gasteiger partial charge >= 0.3 is 11.8 Å². The Hall–Kier alpha value is -5.73. The van der Waals surface area contributed by atoms with E-state index in [-0.39, 0.29) is 24.5 Å². The van der Waals surface area contributed by atoms with Crippen molar-refractivity contribution in [1.82, 2.24) is 16.1 Å². The number of carbonyl (C=O) groups is 3. The van der Waals surface area contributed by atoms with Crippen molar-refractivity contribution in [3.8, 4) is 5.75 Å². The van der Waals surface area contributed by atoms with Crippen molar-refractivity contribution in [2.24, 2.45) is 0 Å². The number of non-ortho nitro benzene ring substituents is 1. The molecular formula is C26H26N6O9. The molecular weight excluding hydrogens is 540 g/mol. The highest BCUT2D eigenvalue weighted by Crippen LogP contribution is 2.28. The molecule has 0 bridgehead atoms. The molecule has 15 nitrogen and oxygen atoms in total. The first-order valence-corrected chi connectivity index (χ1v) is 12.1. The lowest BCUT2D eigenvalue weighted by Crippen LogP contribution is -2.54. The van der Waals surface area contributed by atoms with Crippen LogP contribution in [0.25, 0.3) is 0 Å². The second-order valence-corrected chi connectivity index (χ2v) is 8.69. The van der Waals surface area contributed by atoms with Crippen LogP contribution in [0.3, 0.4) is 0 Å². The molecule has 0 aliphatic heterocycles. The zero-order chi connectivity index (χ0) is 29.9. The lowest BCUT2D eigenvalue weighted by Gasteiger charge is -2.22. The molecule has 3 rings (SSSR count). The Labute approximate surface area is 232 Å². The fraction of sp³-hybridized carbons (Fsp3) is 0.192. The average Bonchev–Trinajstić information content (AvgIpc) is 2.95. The second kappa shape index (κ2) is 13.9. The predicted molar refractivity (Wildman–Crippen MR) is 144 cm³/mol. The van der Waals surface area contributed by atoms with Crippen molar-refractivity contribution in [3.63, 3.8) is 0 Å². The summed E-state index contributed by atoms with van der Waals surface area (Å²) < 4.78 is 5.11. The number of anilines is 1. The van der Waals surface area contributed by atoms with Gasteiger partial charge in [0.1, 0.15) is 30.1 Å². The van der Waals surface area contributed by atoms with Crippen LogP contribution >= 0.6 is 0 Å². The van der Waals surface area contributed by atoms with Gasteiger partial charge in [-0.2, -0.15) is 0 Å². The van der Waals surface area contributed by atoms with E-state index in [1.807, 2.05) is 6.07 Å².